The van der Waals surface area contributed by atoms with Gasteiger partial charge in [0, 0.05) is 17.9 Å². The van der Waals surface area contributed by atoms with Crippen LogP contribution in [0.25, 0.3) is 0 Å². The van der Waals surface area contributed by atoms with Gasteiger partial charge < -0.3 is 4.57 Å². The maximum absolute atomic E-state index is 4.20. The first-order valence-corrected chi connectivity index (χ1v) is 5.63. The van der Waals surface area contributed by atoms with Crippen LogP contribution >= 0.6 is 0 Å². The Balaban J connectivity index is 0. The molecule has 0 saturated carbocycles. The van der Waals surface area contributed by atoms with Crippen molar-refractivity contribution < 1.29 is 0 Å². The summed E-state index contributed by atoms with van der Waals surface area (Å²) in [6.45, 7) is 16.5. The van der Waals surface area contributed by atoms with E-state index in [1.165, 1.54) is 5.69 Å². The Morgan fingerprint density at radius 3 is 1.64 bits per heavy atom. The van der Waals surface area contributed by atoms with Gasteiger partial charge in [0.05, 0.1) is 0 Å². The molecule has 0 aliphatic carbocycles. The zero-order valence-corrected chi connectivity index (χ0v) is 11.0. The number of nitrogens with zero attached hydrogens (tertiary/aromatic N) is 2. The Bertz CT molecular complexity index is 205. The number of imidazole rings is 1. The quantitative estimate of drug-likeness (QED) is 0.663. The highest BCUT2D eigenvalue weighted by atomic mass is 15.1. The van der Waals surface area contributed by atoms with Gasteiger partial charge in [-0.05, 0) is 27.7 Å². The Morgan fingerprint density at radius 1 is 1.07 bits per heavy atom. The molecule has 1 heterocycles. The summed E-state index contributed by atoms with van der Waals surface area (Å²) in [6, 6.07) is 0.530. The first-order chi connectivity index (χ1) is 6.63. The van der Waals surface area contributed by atoms with Crippen molar-refractivity contribution in [3.05, 3.63) is 17.7 Å². The maximum atomic E-state index is 4.20. The molecule has 0 aromatic carbocycles. The largest absolute Gasteiger partial charge is 0.330 e. The van der Waals surface area contributed by atoms with Gasteiger partial charge in [0.15, 0.2) is 0 Å². The zero-order chi connectivity index (χ0) is 11.7. The standard InChI is InChI=1S/C8H14N2.2C2H6/c1-6(2)10-7(3)5-9-8(10)4;2*1-2/h5-6H,1-4H3;2*1-2H3. The van der Waals surface area contributed by atoms with Crippen LogP contribution in [-0.4, -0.2) is 9.55 Å². The highest BCUT2D eigenvalue weighted by Gasteiger charge is 2.03. The summed E-state index contributed by atoms with van der Waals surface area (Å²) in [7, 11) is 0. The molecule has 2 heteroatoms. The fourth-order valence-electron chi connectivity index (χ4n) is 1.35. The SMILES string of the molecule is CC.CC.Cc1cnc(C)n1C(C)C. The monoisotopic (exact) mass is 198 g/mol. The van der Waals surface area contributed by atoms with Gasteiger partial charge >= 0.3 is 0 Å². The third-order valence-electron chi connectivity index (χ3n) is 1.68. The molecule has 0 radical (unpaired) electrons. The normalized spacial score (nSPS) is 8.64. The summed E-state index contributed by atoms with van der Waals surface area (Å²) in [4.78, 5) is 4.20. The predicted molar refractivity (Wildman–Crippen MR) is 64.8 cm³/mol. The van der Waals surface area contributed by atoms with Crippen LogP contribution in [0.15, 0.2) is 6.20 Å². The van der Waals surface area contributed by atoms with Crippen LogP contribution in [0.1, 0.15) is 59.1 Å². The molecule has 0 unspecified atom stereocenters. The Hall–Kier alpha value is -0.790. The van der Waals surface area contributed by atoms with E-state index in [9.17, 15) is 0 Å². The number of rotatable bonds is 1. The van der Waals surface area contributed by atoms with E-state index in [1.54, 1.807) is 0 Å². The Kier molecular flexibility index (Phi) is 9.84. The highest BCUT2D eigenvalue weighted by molar-refractivity contribution is 5.02. The van der Waals surface area contributed by atoms with Crippen LogP contribution in [0.5, 0.6) is 0 Å². The smallest absolute Gasteiger partial charge is 0.105 e. The fraction of sp³-hybridized carbons (Fsp3) is 0.750. The average molecular weight is 198 g/mol. The molecule has 0 atom stereocenters. The molecule has 1 aromatic heterocycles. The minimum atomic E-state index is 0.530. The Morgan fingerprint density at radius 2 is 1.50 bits per heavy atom. The van der Waals surface area contributed by atoms with E-state index in [0.717, 1.165) is 5.82 Å². The summed E-state index contributed by atoms with van der Waals surface area (Å²) in [5, 5.41) is 0. The minimum Gasteiger partial charge on any atom is -0.330 e. The molecule has 0 fully saturated rings. The lowest BCUT2D eigenvalue weighted by atomic mass is 10.3. The first kappa shape index (κ1) is 15.7. The van der Waals surface area contributed by atoms with Crippen molar-refractivity contribution in [1.29, 1.82) is 0 Å². The number of hydrogen-bond acceptors (Lipinski definition) is 1. The van der Waals surface area contributed by atoms with Gasteiger partial charge in [0.25, 0.3) is 0 Å². The van der Waals surface area contributed by atoms with E-state index < -0.39 is 0 Å². The van der Waals surface area contributed by atoms with Crippen molar-refractivity contribution in [1.82, 2.24) is 9.55 Å². The van der Waals surface area contributed by atoms with E-state index in [-0.39, 0.29) is 0 Å². The molecule has 14 heavy (non-hydrogen) atoms. The summed E-state index contributed by atoms with van der Waals surface area (Å²) < 4.78 is 2.22. The number of aryl methyl sites for hydroxylation is 2. The molecule has 0 aliphatic heterocycles. The molecule has 84 valence electrons. The van der Waals surface area contributed by atoms with Gasteiger partial charge in [-0.2, -0.15) is 0 Å². The summed E-state index contributed by atoms with van der Waals surface area (Å²) in [6.07, 6.45) is 1.91. The van der Waals surface area contributed by atoms with Crippen molar-refractivity contribution in [3.8, 4) is 0 Å². The zero-order valence-electron chi connectivity index (χ0n) is 11.0. The third-order valence-corrected chi connectivity index (χ3v) is 1.68. The van der Waals surface area contributed by atoms with Crippen LogP contribution in [0.2, 0.25) is 0 Å². The molecule has 0 saturated heterocycles. The lowest BCUT2D eigenvalue weighted by Crippen LogP contribution is -2.04. The van der Waals surface area contributed by atoms with Crippen molar-refractivity contribution in [2.45, 2.75) is 61.4 Å². The summed E-state index contributed by atoms with van der Waals surface area (Å²) >= 11 is 0. The first-order valence-electron chi connectivity index (χ1n) is 5.63. The van der Waals surface area contributed by atoms with Gasteiger partial charge in [-0.3, -0.25) is 0 Å². The van der Waals surface area contributed by atoms with Crippen LogP contribution in [-0.2, 0) is 0 Å². The van der Waals surface area contributed by atoms with Crippen LogP contribution in [0.3, 0.4) is 0 Å². The highest BCUT2D eigenvalue weighted by Crippen LogP contribution is 2.10. The van der Waals surface area contributed by atoms with Gasteiger partial charge in [-0.25, -0.2) is 4.98 Å². The van der Waals surface area contributed by atoms with Crippen LogP contribution in [0, 0.1) is 13.8 Å². The molecule has 2 nitrogen and oxygen atoms in total. The van der Waals surface area contributed by atoms with Crippen molar-refractivity contribution >= 4 is 0 Å². The molecular weight excluding hydrogens is 172 g/mol. The van der Waals surface area contributed by atoms with E-state index >= 15 is 0 Å². The van der Waals surface area contributed by atoms with Crippen molar-refractivity contribution in [2.75, 3.05) is 0 Å². The molecule has 0 amide bonds. The van der Waals surface area contributed by atoms with Gasteiger partial charge in [0.2, 0.25) is 0 Å². The van der Waals surface area contributed by atoms with E-state index in [2.05, 4.69) is 30.3 Å². The second-order valence-corrected chi connectivity index (χ2v) is 2.91. The fourth-order valence-corrected chi connectivity index (χ4v) is 1.35. The summed E-state index contributed by atoms with van der Waals surface area (Å²) in [5.74, 6) is 1.10. The van der Waals surface area contributed by atoms with Crippen LogP contribution in [0.4, 0.5) is 0 Å². The number of aromatic nitrogens is 2. The molecule has 0 bridgehead atoms. The summed E-state index contributed by atoms with van der Waals surface area (Å²) in [5.41, 5.74) is 1.24. The third kappa shape index (κ3) is 4.45. The van der Waals surface area contributed by atoms with E-state index in [4.69, 9.17) is 0 Å². The van der Waals surface area contributed by atoms with Crippen LogP contribution < -0.4 is 0 Å². The maximum Gasteiger partial charge on any atom is 0.105 e. The van der Waals surface area contributed by atoms with Crippen molar-refractivity contribution in [2.24, 2.45) is 0 Å². The molecular formula is C12H26N2. The average Bonchev–Trinajstić information content (AvgIpc) is 2.52. The van der Waals surface area contributed by atoms with E-state index in [1.807, 2.05) is 40.8 Å². The topological polar surface area (TPSA) is 17.8 Å². The predicted octanol–water partition coefficient (Wildman–Crippen LogP) is 4.13. The van der Waals surface area contributed by atoms with Gasteiger partial charge in [-0.15, -0.1) is 0 Å². The van der Waals surface area contributed by atoms with Gasteiger partial charge in [0.1, 0.15) is 5.82 Å². The molecule has 1 rings (SSSR count). The lowest BCUT2D eigenvalue weighted by molar-refractivity contribution is 0.569. The Labute approximate surface area is 89.4 Å². The molecule has 0 spiro atoms. The molecule has 0 aliphatic rings. The number of hydrogen-bond donors (Lipinski definition) is 0. The lowest BCUT2D eigenvalue weighted by Gasteiger charge is -2.10. The second-order valence-electron chi connectivity index (χ2n) is 2.91. The minimum absolute atomic E-state index is 0.530. The van der Waals surface area contributed by atoms with Gasteiger partial charge in [-0.1, -0.05) is 27.7 Å². The molecule has 0 N–H and O–H groups in total. The molecule has 1 aromatic rings. The van der Waals surface area contributed by atoms with E-state index in [0.29, 0.717) is 6.04 Å². The second kappa shape index (κ2) is 8.79. The van der Waals surface area contributed by atoms with Crippen molar-refractivity contribution in [3.63, 3.8) is 0 Å².